The zero-order valence-corrected chi connectivity index (χ0v) is 18.2. The number of esters is 1. The van der Waals surface area contributed by atoms with Crippen molar-refractivity contribution >= 4 is 28.6 Å². The molecule has 162 valence electrons. The topological polar surface area (TPSA) is 86.1 Å². The lowest BCUT2D eigenvalue weighted by Crippen LogP contribution is -2.23. The van der Waals surface area contributed by atoms with Crippen LogP contribution in [0.15, 0.2) is 24.3 Å². The molecule has 1 aliphatic rings. The molecule has 0 bridgehead atoms. The molecule has 0 radical (unpaired) electrons. The highest BCUT2D eigenvalue weighted by molar-refractivity contribution is 6.13. The molecule has 1 fully saturated rings. The summed E-state index contributed by atoms with van der Waals surface area (Å²) in [6.07, 6.45) is 2.09. The minimum Gasteiger partial charge on any atom is -0.465 e. The number of halogens is 1. The van der Waals surface area contributed by atoms with Gasteiger partial charge in [0, 0.05) is 17.3 Å². The number of ether oxygens (including phenoxy) is 1. The number of nitrogens with one attached hydrogen (secondary N) is 1. The maximum absolute atomic E-state index is 14.0. The predicted octanol–water partition coefficient (Wildman–Crippen LogP) is 4.55. The molecule has 0 atom stereocenters. The molecule has 0 saturated heterocycles. The lowest BCUT2D eigenvalue weighted by Gasteiger charge is -2.20. The molecule has 0 aliphatic heterocycles. The first-order valence-corrected chi connectivity index (χ1v) is 10.2. The standard InChI is InChI=1S/C23H25FN4O3/c1-12-19-16(21(29)25-14-8-9-17(24)15(10-14)22(30)31-5)11-18(13-6-7-13)26-20(19)28(27-12)23(2,3)4/h8-11,13H,6-7H2,1-5H3,(H,25,29). The van der Waals surface area contributed by atoms with Gasteiger partial charge in [-0.15, -0.1) is 0 Å². The van der Waals surface area contributed by atoms with Crippen LogP contribution in [0.1, 0.15) is 71.6 Å². The first-order chi connectivity index (χ1) is 14.6. The molecular weight excluding hydrogens is 399 g/mol. The summed E-state index contributed by atoms with van der Waals surface area (Å²) < 4.78 is 20.4. The molecule has 1 amide bonds. The zero-order valence-electron chi connectivity index (χ0n) is 18.2. The van der Waals surface area contributed by atoms with Crippen LogP contribution >= 0.6 is 0 Å². The molecule has 1 aliphatic carbocycles. The highest BCUT2D eigenvalue weighted by Crippen LogP contribution is 2.41. The van der Waals surface area contributed by atoms with E-state index in [2.05, 4.69) is 15.2 Å². The van der Waals surface area contributed by atoms with Crippen molar-refractivity contribution in [3.63, 3.8) is 0 Å². The Kier molecular flexibility index (Phi) is 5.03. The van der Waals surface area contributed by atoms with E-state index in [0.29, 0.717) is 33.9 Å². The Hall–Kier alpha value is -3.29. The second-order valence-electron chi connectivity index (χ2n) is 8.88. The normalized spacial score (nSPS) is 14.0. The van der Waals surface area contributed by atoms with E-state index in [1.54, 1.807) is 0 Å². The number of rotatable bonds is 4. The zero-order chi connectivity index (χ0) is 22.5. The number of aryl methyl sites for hydroxylation is 1. The van der Waals surface area contributed by atoms with Crippen LogP contribution in [0, 0.1) is 12.7 Å². The molecule has 2 aromatic heterocycles. The fourth-order valence-electron chi connectivity index (χ4n) is 3.61. The van der Waals surface area contributed by atoms with Gasteiger partial charge in [0.15, 0.2) is 5.65 Å². The van der Waals surface area contributed by atoms with E-state index in [4.69, 9.17) is 4.98 Å². The number of carbonyl (C=O) groups excluding carboxylic acids is 2. The van der Waals surface area contributed by atoms with Gasteiger partial charge in [-0.05, 0) is 64.8 Å². The van der Waals surface area contributed by atoms with Gasteiger partial charge in [-0.25, -0.2) is 18.9 Å². The SMILES string of the molecule is COC(=O)c1cc(NC(=O)c2cc(C3CC3)nc3c2c(C)nn3C(C)(C)C)ccc1F. The van der Waals surface area contributed by atoms with Crippen molar-refractivity contribution in [1.29, 1.82) is 0 Å². The Morgan fingerprint density at radius 3 is 2.52 bits per heavy atom. The van der Waals surface area contributed by atoms with Gasteiger partial charge in [-0.2, -0.15) is 5.10 Å². The third-order valence-electron chi connectivity index (χ3n) is 5.34. The number of aromatic nitrogens is 3. The lowest BCUT2D eigenvalue weighted by molar-refractivity contribution is 0.0595. The second-order valence-corrected chi connectivity index (χ2v) is 8.88. The van der Waals surface area contributed by atoms with Crippen LogP contribution in [0.2, 0.25) is 0 Å². The van der Waals surface area contributed by atoms with Crippen molar-refractivity contribution in [3.8, 4) is 0 Å². The summed E-state index contributed by atoms with van der Waals surface area (Å²) in [6, 6.07) is 5.63. The molecule has 31 heavy (non-hydrogen) atoms. The molecule has 2 heterocycles. The average Bonchev–Trinajstić information content (AvgIpc) is 3.51. The van der Waals surface area contributed by atoms with Gasteiger partial charge >= 0.3 is 5.97 Å². The Labute approximate surface area is 179 Å². The van der Waals surface area contributed by atoms with Crippen molar-refractivity contribution < 1.29 is 18.7 Å². The average molecular weight is 424 g/mol. The quantitative estimate of drug-likeness (QED) is 0.621. The molecule has 4 rings (SSSR count). The molecule has 1 N–H and O–H groups in total. The number of fused-ring (bicyclic) bond motifs is 1. The van der Waals surface area contributed by atoms with E-state index in [9.17, 15) is 14.0 Å². The largest absolute Gasteiger partial charge is 0.465 e. The minimum absolute atomic E-state index is 0.240. The smallest absolute Gasteiger partial charge is 0.340 e. The molecule has 0 spiro atoms. The van der Waals surface area contributed by atoms with Gasteiger partial charge in [0.25, 0.3) is 5.91 Å². The van der Waals surface area contributed by atoms with E-state index in [1.807, 2.05) is 38.4 Å². The Balaban J connectivity index is 1.80. The van der Waals surface area contributed by atoms with Gasteiger partial charge in [0.1, 0.15) is 5.82 Å². The maximum atomic E-state index is 14.0. The molecule has 8 heteroatoms. The Morgan fingerprint density at radius 2 is 1.90 bits per heavy atom. The van der Waals surface area contributed by atoms with Crippen molar-refractivity contribution in [3.05, 3.63) is 52.6 Å². The number of methoxy groups -OCH3 is 1. The number of carbonyl (C=O) groups is 2. The van der Waals surface area contributed by atoms with Crippen molar-refractivity contribution in [2.24, 2.45) is 0 Å². The highest BCUT2D eigenvalue weighted by Gasteiger charge is 2.30. The Morgan fingerprint density at radius 1 is 1.19 bits per heavy atom. The van der Waals surface area contributed by atoms with Gasteiger partial charge < -0.3 is 10.1 Å². The van der Waals surface area contributed by atoms with Crippen molar-refractivity contribution in [2.75, 3.05) is 12.4 Å². The highest BCUT2D eigenvalue weighted by atomic mass is 19.1. The van der Waals surface area contributed by atoms with Crippen molar-refractivity contribution in [1.82, 2.24) is 14.8 Å². The summed E-state index contributed by atoms with van der Waals surface area (Å²) >= 11 is 0. The van der Waals surface area contributed by atoms with Crippen LogP contribution < -0.4 is 5.32 Å². The molecule has 1 saturated carbocycles. The monoisotopic (exact) mass is 424 g/mol. The Bertz CT molecular complexity index is 1210. The maximum Gasteiger partial charge on any atom is 0.340 e. The van der Waals surface area contributed by atoms with Gasteiger partial charge in [-0.3, -0.25) is 4.79 Å². The summed E-state index contributed by atoms with van der Waals surface area (Å²) in [7, 11) is 1.18. The van der Waals surface area contributed by atoms with Crippen LogP contribution in [-0.4, -0.2) is 33.8 Å². The van der Waals surface area contributed by atoms with Crippen molar-refractivity contribution in [2.45, 2.75) is 52.0 Å². The number of benzene rings is 1. The molecule has 0 unspecified atom stereocenters. The number of hydrogen-bond donors (Lipinski definition) is 1. The molecule has 1 aromatic carbocycles. The minimum atomic E-state index is -0.807. The third kappa shape index (κ3) is 3.89. The fourth-order valence-corrected chi connectivity index (χ4v) is 3.61. The molecular formula is C23H25FN4O3. The number of amides is 1. The van der Waals surface area contributed by atoms with Crippen LogP contribution in [0.5, 0.6) is 0 Å². The molecule has 3 aromatic rings. The van der Waals surface area contributed by atoms with E-state index < -0.39 is 11.8 Å². The molecule has 7 nitrogen and oxygen atoms in total. The predicted molar refractivity (Wildman–Crippen MR) is 115 cm³/mol. The van der Waals surface area contributed by atoms with Crippen LogP contribution in [0.25, 0.3) is 11.0 Å². The number of anilines is 1. The second kappa shape index (κ2) is 7.44. The number of pyridine rings is 1. The fraction of sp³-hybridized carbons (Fsp3) is 0.391. The van der Waals surface area contributed by atoms with E-state index >= 15 is 0 Å². The van der Waals surface area contributed by atoms with Crippen LogP contribution in [0.4, 0.5) is 10.1 Å². The van der Waals surface area contributed by atoms with E-state index in [0.717, 1.165) is 24.6 Å². The van der Waals surface area contributed by atoms with Crippen LogP contribution in [-0.2, 0) is 10.3 Å². The third-order valence-corrected chi connectivity index (χ3v) is 5.34. The van der Waals surface area contributed by atoms with Gasteiger partial charge in [0.2, 0.25) is 0 Å². The number of hydrogen-bond acceptors (Lipinski definition) is 5. The first-order valence-electron chi connectivity index (χ1n) is 10.2. The summed E-state index contributed by atoms with van der Waals surface area (Å²) in [5, 5.41) is 8.12. The summed E-state index contributed by atoms with van der Waals surface area (Å²) in [5.74, 6) is -1.54. The summed E-state index contributed by atoms with van der Waals surface area (Å²) in [6.45, 7) is 7.97. The number of nitrogens with zero attached hydrogens (tertiary/aromatic N) is 3. The first kappa shape index (κ1) is 21.0. The lowest BCUT2D eigenvalue weighted by atomic mass is 10.1. The van der Waals surface area contributed by atoms with Crippen LogP contribution in [0.3, 0.4) is 0 Å². The van der Waals surface area contributed by atoms with Gasteiger partial charge in [-0.1, -0.05) is 0 Å². The van der Waals surface area contributed by atoms with E-state index in [-0.39, 0.29) is 17.0 Å². The van der Waals surface area contributed by atoms with E-state index in [1.165, 1.54) is 19.2 Å². The summed E-state index contributed by atoms with van der Waals surface area (Å²) in [5.41, 5.74) is 2.47. The van der Waals surface area contributed by atoms with Gasteiger partial charge in [0.05, 0.1) is 34.9 Å². The summed E-state index contributed by atoms with van der Waals surface area (Å²) in [4.78, 5) is 29.9.